The molecule has 11 heteroatoms. The predicted molar refractivity (Wildman–Crippen MR) is 115 cm³/mol. The smallest absolute Gasteiger partial charge is 0.429 e. The normalized spacial score (nSPS) is 13.6. The number of aliphatic imine (C=N–C) groups is 2. The molecule has 1 aromatic carbocycles. The van der Waals surface area contributed by atoms with Crippen molar-refractivity contribution < 1.29 is 22.7 Å². The van der Waals surface area contributed by atoms with Gasteiger partial charge in [0.2, 0.25) is 5.88 Å². The number of ether oxygens (including phenoxy) is 1. The Morgan fingerprint density at radius 3 is 2.56 bits per heavy atom. The van der Waals surface area contributed by atoms with E-state index in [0.717, 1.165) is 18.7 Å². The molecular formula is C21H25F3N6O2. The van der Waals surface area contributed by atoms with Crippen LogP contribution in [0, 0.1) is 6.92 Å². The second kappa shape index (κ2) is 10.7. The molecule has 0 bridgehead atoms. The lowest BCUT2D eigenvalue weighted by atomic mass is 10.1. The second-order valence-electron chi connectivity index (χ2n) is 6.93. The Morgan fingerprint density at radius 1 is 1.34 bits per heavy atom. The molecule has 0 saturated heterocycles. The highest BCUT2D eigenvalue weighted by atomic mass is 19.4. The van der Waals surface area contributed by atoms with Gasteiger partial charge in [0.05, 0.1) is 35.9 Å². The highest BCUT2D eigenvalue weighted by Crippen LogP contribution is 2.20. The molecule has 0 N–H and O–H groups in total. The second-order valence-corrected chi connectivity index (χ2v) is 6.93. The van der Waals surface area contributed by atoms with Crippen molar-refractivity contribution in [2.45, 2.75) is 39.9 Å². The number of aromatic nitrogens is 3. The molecule has 0 radical (unpaired) electrons. The zero-order chi connectivity index (χ0) is 23.9. The third kappa shape index (κ3) is 6.25. The molecule has 0 aliphatic heterocycles. The van der Waals surface area contributed by atoms with Crippen LogP contribution in [0.2, 0.25) is 0 Å². The highest BCUT2D eigenvalue weighted by Gasteiger charge is 2.31. The number of rotatable bonds is 9. The lowest BCUT2D eigenvalue weighted by molar-refractivity contribution is -0.0591. The summed E-state index contributed by atoms with van der Waals surface area (Å²) < 4.78 is 43.2. The number of aryl methyl sites for hydroxylation is 1. The van der Waals surface area contributed by atoms with Gasteiger partial charge >= 0.3 is 6.18 Å². The molecule has 1 heterocycles. The molecule has 1 aromatic heterocycles. The summed E-state index contributed by atoms with van der Waals surface area (Å²) in [6.45, 7) is 9.94. The van der Waals surface area contributed by atoms with E-state index in [0.29, 0.717) is 17.8 Å². The molecule has 0 fully saturated rings. The highest BCUT2D eigenvalue weighted by molar-refractivity contribution is 5.98. The number of carbonyl (C=O) groups excluding carboxylic acids is 1. The summed E-state index contributed by atoms with van der Waals surface area (Å²) in [4.78, 5) is 23.1. The van der Waals surface area contributed by atoms with Gasteiger partial charge in [-0.2, -0.15) is 28.2 Å². The van der Waals surface area contributed by atoms with Crippen molar-refractivity contribution in [2.75, 3.05) is 13.2 Å². The van der Waals surface area contributed by atoms with E-state index in [-0.39, 0.29) is 18.4 Å². The van der Waals surface area contributed by atoms with Gasteiger partial charge in [0.25, 0.3) is 5.91 Å². The molecule has 2 rings (SSSR count). The van der Waals surface area contributed by atoms with Crippen LogP contribution >= 0.6 is 0 Å². The summed E-state index contributed by atoms with van der Waals surface area (Å²) in [5.41, 5.74) is 0.843. The summed E-state index contributed by atoms with van der Waals surface area (Å²) in [6.07, 6.45) is -0.660. The standard InChI is InChI=1S/C21H25F3N6O2/c1-6-29(15(3)13-32-19(25-5)12-26-16(4)21(22,23)24)20(31)17-8-7-14(2)11-18(17)30-27-9-10-28-30/h7-12,15H,5-6,13H2,1-4H3/b19-12+,26-16+/t15-/m0/s1. The fraction of sp³-hybridized carbons (Fsp3) is 0.381. The number of nitrogens with zero attached hydrogens (tertiary/aromatic N) is 6. The maximum absolute atomic E-state index is 13.3. The van der Waals surface area contributed by atoms with Crippen LogP contribution in [0.4, 0.5) is 13.2 Å². The van der Waals surface area contributed by atoms with Crippen molar-refractivity contribution >= 4 is 18.3 Å². The molecule has 0 unspecified atom stereocenters. The first-order valence-electron chi connectivity index (χ1n) is 9.78. The fourth-order valence-corrected chi connectivity index (χ4v) is 2.78. The van der Waals surface area contributed by atoms with Gasteiger partial charge in [0.1, 0.15) is 12.3 Å². The van der Waals surface area contributed by atoms with Crippen molar-refractivity contribution in [1.29, 1.82) is 0 Å². The van der Waals surface area contributed by atoms with Gasteiger partial charge < -0.3 is 9.64 Å². The van der Waals surface area contributed by atoms with E-state index in [9.17, 15) is 18.0 Å². The van der Waals surface area contributed by atoms with Crippen LogP contribution in [-0.4, -0.2) is 63.6 Å². The fourth-order valence-electron chi connectivity index (χ4n) is 2.78. The summed E-state index contributed by atoms with van der Waals surface area (Å²) in [6, 6.07) is 4.91. The van der Waals surface area contributed by atoms with Crippen LogP contribution in [0.1, 0.15) is 36.7 Å². The number of likely N-dealkylation sites (N-methyl/N-ethyl adjacent to an activating group) is 1. The number of benzene rings is 1. The van der Waals surface area contributed by atoms with E-state index in [4.69, 9.17) is 4.74 Å². The zero-order valence-electron chi connectivity index (χ0n) is 18.3. The van der Waals surface area contributed by atoms with Crippen molar-refractivity contribution in [3.8, 4) is 5.69 Å². The molecule has 0 spiro atoms. The van der Waals surface area contributed by atoms with Gasteiger partial charge in [-0.05, 0) is 52.1 Å². The maximum Gasteiger partial charge on any atom is 0.429 e. The van der Waals surface area contributed by atoms with Crippen molar-refractivity contribution in [3.63, 3.8) is 0 Å². The number of hydrogen-bond donors (Lipinski definition) is 0. The van der Waals surface area contributed by atoms with Gasteiger partial charge in [-0.1, -0.05) is 6.07 Å². The van der Waals surface area contributed by atoms with E-state index in [1.54, 1.807) is 17.9 Å². The van der Waals surface area contributed by atoms with E-state index in [1.807, 2.05) is 26.0 Å². The summed E-state index contributed by atoms with van der Waals surface area (Å²) in [7, 11) is 0. The van der Waals surface area contributed by atoms with Crippen LogP contribution in [0.25, 0.3) is 5.69 Å². The Morgan fingerprint density at radius 2 is 2.00 bits per heavy atom. The van der Waals surface area contributed by atoms with E-state index < -0.39 is 17.9 Å². The number of amides is 1. The largest absolute Gasteiger partial charge is 0.474 e. The van der Waals surface area contributed by atoms with Crippen molar-refractivity contribution in [2.24, 2.45) is 9.98 Å². The van der Waals surface area contributed by atoms with Gasteiger partial charge in [-0.15, -0.1) is 0 Å². The number of carbonyl (C=O) groups is 1. The van der Waals surface area contributed by atoms with E-state index in [2.05, 4.69) is 26.9 Å². The Hall–Kier alpha value is -3.50. The van der Waals surface area contributed by atoms with Crippen LogP contribution in [0.5, 0.6) is 0 Å². The average molecular weight is 450 g/mol. The topological polar surface area (TPSA) is 85.0 Å². The Bertz CT molecular complexity index is 999. The predicted octanol–water partition coefficient (Wildman–Crippen LogP) is 3.97. The van der Waals surface area contributed by atoms with Gasteiger partial charge in [-0.3, -0.25) is 9.79 Å². The Balaban J connectivity index is 2.19. The summed E-state index contributed by atoms with van der Waals surface area (Å²) in [5, 5.41) is 8.23. The lowest BCUT2D eigenvalue weighted by Crippen LogP contribution is -2.41. The molecule has 0 aliphatic carbocycles. The Labute approximate surface area is 184 Å². The minimum atomic E-state index is -4.54. The third-order valence-corrected chi connectivity index (χ3v) is 4.56. The molecular weight excluding hydrogens is 425 g/mol. The minimum absolute atomic E-state index is 0.0216. The van der Waals surface area contributed by atoms with Gasteiger partial charge in [0.15, 0.2) is 0 Å². The summed E-state index contributed by atoms with van der Waals surface area (Å²) in [5.74, 6) is -0.445. The van der Waals surface area contributed by atoms with Crippen LogP contribution in [0.3, 0.4) is 0 Å². The molecule has 1 amide bonds. The number of hydrogen-bond acceptors (Lipinski definition) is 6. The monoisotopic (exact) mass is 450 g/mol. The number of halogens is 3. The molecule has 0 aliphatic rings. The first-order valence-corrected chi connectivity index (χ1v) is 9.78. The van der Waals surface area contributed by atoms with E-state index >= 15 is 0 Å². The lowest BCUT2D eigenvalue weighted by Gasteiger charge is -2.28. The first kappa shape index (κ1) is 24.8. The molecule has 172 valence electrons. The van der Waals surface area contributed by atoms with Crippen molar-refractivity contribution in [3.05, 3.63) is 53.8 Å². The number of alkyl halides is 3. The van der Waals surface area contributed by atoms with Crippen LogP contribution < -0.4 is 0 Å². The quantitative estimate of drug-likeness (QED) is 0.428. The molecule has 2 aromatic rings. The van der Waals surface area contributed by atoms with Crippen molar-refractivity contribution in [1.82, 2.24) is 19.9 Å². The molecule has 0 saturated carbocycles. The molecule has 8 nitrogen and oxygen atoms in total. The Kier molecular flexibility index (Phi) is 8.27. The maximum atomic E-state index is 13.3. The van der Waals surface area contributed by atoms with E-state index in [1.165, 1.54) is 17.2 Å². The first-order chi connectivity index (χ1) is 15.1. The zero-order valence-corrected chi connectivity index (χ0v) is 18.3. The van der Waals surface area contributed by atoms with Crippen LogP contribution in [0.15, 0.2) is 52.7 Å². The SMILES string of the molecule is C=N/C(=C\N=C(/C)C(F)(F)F)OC[C@H](C)N(CC)C(=O)c1ccc(C)cc1-n1nccn1. The van der Waals surface area contributed by atoms with Gasteiger partial charge in [-0.25, -0.2) is 4.99 Å². The average Bonchev–Trinajstić information content (AvgIpc) is 3.28. The van der Waals surface area contributed by atoms with Crippen LogP contribution in [-0.2, 0) is 4.74 Å². The summed E-state index contributed by atoms with van der Waals surface area (Å²) >= 11 is 0. The minimum Gasteiger partial charge on any atom is -0.474 e. The molecule has 32 heavy (non-hydrogen) atoms. The van der Waals surface area contributed by atoms with Gasteiger partial charge in [0, 0.05) is 6.54 Å². The molecule has 1 atom stereocenters. The third-order valence-electron chi connectivity index (χ3n) is 4.56.